The molecule has 2 aromatic rings. The molecule has 37 heavy (non-hydrogen) atoms. The standard InChI is InChI=1S/C28H41N3O6/c1-19(2)31-12-8-9-20(16-31)29-27(33)22-15-24(36-14-13-35-18-34-6)21-10-7-11-23(26(21)30-22)37-17-25(32)28(3,4)5/h7,10-11,15,19-20H,8-9,12-14,16-18H2,1-6H3,(H,29,33)/t20-/m1/s1. The van der Waals surface area contributed by atoms with Crippen LogP contribution in [0.3, 0.4) is 0 Å². The van der Waals surface area contributed by atoms with E-state index in [1.165, 1.54) is 0 Å². The zero-order valence-electron chi connectivity index (χ0n) is 23.0. The monoisotopic (exact) mass is 515 g/mol. The van der Waals surface area contributed by atoms with Crippen molar-refractivity contribution in [3.05, 3.63) is 30.0 Å². The van der Waals surface area contributed by atoms with Crippen molar-refractivity contribution in [3.63, 3.8) is 0 Å². The van der Waals surface area contributed by atoms with Crippen molar-refractivity contribution in [2.24, 2.45) is 5.41 Å². The van der Waals surface area contributed by atoms with Crippen LogP contribution in [0.15, 0.2) is 24.3 Å². The Hall–Kier alpha value is -2.75. The highest BCUT2D eigenvalue weighted by Crippen LogP contribution is 2.32. The zero-order valence-corrected chi connectivity index (χ0v) is 23.0. The van der Waals surface area contributed by atoms with Gasteiger partial charge in [-0.15, -0.1) is 0 Å². The highest BCUT2D eigenvalue weighted by Gasteiger charge is 2.25. The van der Waals surface area contributed by atoms with Gasteiger partial charge < -0.3 is 24.3 Å². The third kappa shape index (κ3) is 8.12. The van der Waals surface area contributed by atoms with Gasteiger partial charge in [-0.25, -0.2) is 4.98 Å². The first-order valence-electron chi connectivity index (χ1n) is 12.9. The summed E-state index contributed by atoms with van der Waals surface area (Å²) < 4.78 is 22.1. The number of carbonyl (C=O) groups excluding carboxylic acids is 2. The van der Waals surface area contributed by atoms with E-state index in [1.54, 1.807) is 19.2 Å². The highest BCUT2D eigenvalue weighted by molar-refractivity contribution is 5.98. The fourth-order valence-corrected chi connectivity index (χ4v) is 4.11. The van der Waals surface area contributed by atoms with E-state index in [2.05, 4.69) is 29.0 Å². The summed E-state index contributed by atoms with van der Waals surface area (Å²) in [5, 5.41) is 3.84. The molecule has 1 N–H and O–H groups in total. The van der Waals surface area contributed by atoms with Crippen molar-refractivity contribution in [1.82, 2.24) is 15.2 Å². The summed E-state index contributed by atoms with van der Waals surface area (Å²) in [6, 6.07) is 7.55. The van der Waals surface area contributed by atoms with Crippen LogP contribution in [0.2, 0.25) is 0 Å². The minimum absolute atomic E-state index is 0.0304. The number of rotatable bonds is 12. The van der Waals surface area contributed by atoms with Crippen LogP contribution < -0.4 is 14.8 Å². The van der Waals surface area contributed by atoms with E-state index in [4.69, 9.17) is 18.9 Å². The van der Waals surface area contributed by atoms with Crippen molar-refractivity contribution in [2.75, 3.05) is 46.8 Å². The molecule has 3 rings (SSSR count). The molecule has 0 aliphatic carbocycles. The molecule has 2 heterocycles. The zero-order chi connectivity index (χ0) is 27.0. The molecule has 1 aliphatic rings. The smallest absolute Gasteiger partial charge is 0.270 e. The van der Waals surface area contributed by atoms with Crippen LogP contribution >= 0.6 is 0 Å². The molecule has 1 atom stereocenters. The number of likely N-dealkylation sites (tertiary alicyclic amines) is 1. The Morgan fingerprint density at radius 1 is 1.16 bits per heavy atom. The minimum Gasteiger partial charge on any atom is -0.490 e. The number of aromatic nitrogens is 1. The molecule has 1 saturated heterocycles. The molecule has 1 fully saturated rings. The lowest BCUT2D eigenvalue weighted by Crippen LogP contribution is -2.49. The molecule has 9 nitrogen and oxygen atoms in total. The number of nitrogens with one attached hydrogen (secondary N) is 1. The number of methoxy groups -OCH3 is 1. The number of hydrogen-bond acceptors (Lipinski definition) is 8. The van der Waals surface area contributed by atoms with Gasteiger partial charge in [0.15, 0.2) is 5.78 Å². The Bertz CT molecular complexity index is 1070. The lowest BCUT2D eigenvalue weighted by atomic mass is 9.91. The number of ketones is 1. The van der Waals surface area contributed by atoms with Crippen molar-refractivity contribution in [3.8, 4) is 11.5 Å². The number of amides is 1. The lowest BCUT2D eigenvalue weighted by Gasteiger charge is -2.35. The first-order chi connectivity index (χ1) is 17.6. The van der Waals surface area contributed by atoms with Gasteiger partial charge in [0.25, 0.3) is 5.91 Å². The fourth-order valence-electron chi connectivity index (χ4n) is 4.11. The largest absolute Gasteiger partial charge is 0.490 e. The van der Waals surface area contributed by atoms with Gasteiger partial charge in [0.2, 0.25) is 0 Å². The van der Waals surface area contributed by atoms with E-state index in [-0.39, 0.29) is 43.4 Å². The summed E-state index contributed by atoms with van der Waals surface area (Å²) in [4.78, 5) is 32.8. The van der Waals surface area contributed by atoms with E-state index in [0.29, 0.717) is 35.1 Å². The number of ether oxygens (including phenoxy) is 4. The Morgan fingerprint density at radius 2 is 1.95 bits per heavy atom. The van der Waals surface area contributed by atoms with Gasteiger partial charge in [0, 0.05) is 42.6 Å². The summed E-state index contributed by atoms with van der Waals surface area (Å²) in [6.45, 7) is 12.4. The predicted octanol–water partition coefficient (Wildman–Crippen LogP) is 3.83. The maximum atomic E-state index is 13.3. The minimum atomic E-state index is -0.524. The van der Waals surface area contributed by atoms with Crippen LogP contribution in [-0.2, 0) is 14.3 Å². The summed E-state index contributed by atoms with van der Waals surface area (Å²) in [7, 11) is 1.56. The maximum absolute atomic E-state index is 13.3. The average molecular weight is 516 g/mol. The molecule has 0 saturated carbocycles. The molecule has 1 aliphatic heterocycles. The van der Waals surface area contributed by atoms with Crippen LogP contribution in [0.5, 0.6) is 11.5 Å². The van der Waals surface area contributed by atoms with Crippen LogP contribution in [0.1, 0.15) is 57.9 Å². The normalized spacial score (nSPS) is 16.7. The van der Waals surface area contributed by atoms with Gasteiger partial charge in [0.1, 0.15) is 42.7 Å². The van der Waals surface area contributed by atoms with Gasteiger partial charge in [-0.2, -0.15) is 0 Å². The van der Waals surface area contributed by atoms with E-state index >= 15 is 0 Å². The van der Waals surface area contributed by atoms with Gasteiger partial charge in [-0.05, 0) is 45.4 Å². The number of carbonyl (C=O) groups is 2. The number of Topliss-reactive ketones (excluding diaryl/α,β-unsaturated/α-hetero) is 1. The molecule has 1 aromatic heterocycles. The number of fused-ring (bicyclic) bond motifs is 1. The summed E-state index contributed by atoms with van der Waals surface area (Å²) in [6.07, 6.45) is 1.95. The molecule has 9 heteroatoms. The third-order valence-corrected chi connectivity index (χ3v) is 6.40. The number of para-hydroxylation sites is 1. The molecule has 0 radical (unpaired) electrons. The SMILES string of the molecule is COCOCCOc1cc(C(=O)N[C@@H]2CCCN(C(C)C)C2)nc2c(OCC(=O)C(C)(C)C)cccc12. The first-order valence-corrected chi connectivity index (χ1v) is 12.9. The maximum Gasteiger partial charge on any atom is 0.270 e. The van der Waals surface area contributed by atoms with Crippen molar-refractivity contribution < 1.29 is 28.5 Å². The molecule has 1 aromatic carbocycles. The second-order valence-electron chi connectivity index (χ2n) is 10.7. The Kier molecular flexibility index (Phi) is 10.3. The van der Waals surface area contributed by atoms with Crippen LogP contribution in [0, 0.1) is 5.41 Å². The van der Waals surface area contributed by atoms with Crippen molar-refractivity contribution >= 4 is 22.6 Å². The topological polar surface area (TPSA) is 99.2 Å². The Morgan fingerprint density at radius 3 is 2.65 bits per heavy atom. The quantitative estimate of drug-likeness (QED) is 0.336. The molecule has 0 bridgehead atoms. The molecular formula is C28H41N3O6. The summed E-state index contributed by atoms with van der Waals surface area (Å²) in [5.74, 6) is 0.626. The summed E-state index contributed by atoms with van der Waals surface area (Å²) >= 11 is 0. The second kappa shape index (κ2) is 13.2. The van der Waals surface area contributed by atoms with Crippen molar-refractivity contribution in [2.45, 2.75) is 59.5 Å². The van der Waals surface area contributed by atoms with Crippen LogP contribution in [-0.4, -0.2) is 80.5 Å². The van der Waals surface area contributed by atoms with Gasteiger partial charge in [-0.3, -0.25) is 14.5 Å². The lowest BCUT2D eigenvalue weighted by molar-refractivity contribution is -0.128. The molecule has 0 spiro atoms. The number of nitrogens with zero attached hydrogens (tertiary/aromatic N) is 2. The predicted molar refractivity (Wildman–Crippen MR) is 142 cm³/mol. The van der Waals surface area contributed by atoms with Gasteiger partial charge in [-0.1, -0.05) is 26.8 Å². The van der Waals surface area contributed by atoms with E-state index in [0.717, 1.165) is 25.9 Å². The van der Waals surface area contributed by atoms with Crippen molar-refractivity contribution in [1.29, 1.82) is 0 Å². The Balaban J connectivity index is 1.87. The van der Waals surface area contributed by atoms with Gasteiger partial charge in [0.05, 0.1) is 6.61 Å². The number of piperidine rings is 1. The first kappa shape index (κ1) is 28.8. The van der Waals surface area contributed by atoms with Crippen LogP contribution in [0.25, 0.3) is 10.9 Å². The van der Waals surface area contributed by atoms with Gasteiger partial charge >= 0.3 is 0 Å². The highest BCUT2D eigenvalue weighted by atomic mass is 16.7. The van der Waals surface area contributed by atoms with E-state index in [9.17, 15) is 9.59 Å². The third-order valence-electron chi connectivity index (χ3n) is 6.40. The number of hydrogen-bond donors (Lipinski definition) is 1. The fraction of sp³-hybridized carbons (Fsp3) is 0.607. The van der Waals surface area contributed by atoms with Crippen LogP contribution in [0.4, 0.5) is 0 Å². The Labute approximate surface area is 219 Å². The van der Waals surface area contributed by atoms with E-state index < -0.39 is 5.41 Å². The number of benzene rings is 1. The second-order valence-corrected chi connectivity index (χ2v) is 10.7. The molecule has 0 unspecified atom stereocenters. The molecular weight excluding hydrogens is 474 g/mol. The molecule has 1 amide bonds. The molecule has 204 valence electrons. The summed E-state index contributed by atoms with van der Waals surface area (Å²) in [5.41, 5.74) is 0.181. The average Bonchev–Trinajstić information content (AvgIpc) is 2.86. The van der Waals surface area contributed by atoms with E-state index in [1.807, 2.05) is 32.9 Å². The number of pyridine rings is 1.